The summed E-state index contributed by atoms with van der Waals surface area (Å²) in [5.41, 5.74) is -0.564. The van der Waals surface area contributed by atoms with Gasteiger partial charge in [-0.3, -0.25) is 0 Å². The number of hydrogen-bond donors (Lipinski definition) is 1. The number of carbonyl (C=O) groups is 1. The van der Waals surface area contributed by atoms with E-state index in [1.807, 2.05) is 55.4 Å². The number of hydrogen-bond acceptors (Lipinski definition) is 3. The fraction of sp³-hybridized carbons (Fsp3) is 0.944. The van der Waals surface area contributed by atoms with E-state index in [0.717, 1.165) is 6.42 Å². The van der Waals surface area contributed by atoms with Crippen LogP contribution in [0.15, 0.2) is 0 Å². The zero-order valence-corrected chi connectivity index (χ0v) is 16.7. The normalized spacial score (nSPS) is 13.8. The highest BCUT2D eigenvalue weighted by Gasteiger charge is 2.25. The third-order valence-electron chi connectivity index (χ3n) is 2.23. The average Bonchev–Trinajstić information content (AvgIpc) is 2.22. The van der Waals surface area contributed by atoms with Crippen LogP contribution in [-0.4, -0.2) is 29.9 Å². The van der Waals surface area contributed by atoms with Crippen LogP contribution >= 0.6 is 0 Å². The second-order valence-corrected chi connectivity index (χ2v) is 8.50. The molecule has 1 unspecified atom stereocenters. The number of carbonyl (C=O) groups excluding carboxylic acids is 1. The van der Waals surface area contributed by atoms with Crippen molar-refractivity contribution in [3.05, 3.63) is 0 Å². The van der Waals surface area contributed by atoms with Gasteiger partial charge < -0.3 is 14.8 Å². The van der Waals surface area contributed by atoms with Crippen LogP contribution in [0.4, 0.5) is 4.79 Å². The molecule has 134 valence electrons. The zero-order valence-electron chi connectivity index (χ0n) is 16.7. The van der Waals surface area contributed by atoms with Crippen LogP contribution in [0.25, 0.3) is 0 Å². The van der Waals surface area contributed by atoms with E-state index in [2.05, 4.69) is 26.1 Å². The van der Waals surface area contributed by atoms with Gasteiger partial charge in [-0.05, 0) is 53.4 Å². The van der Waals surface area contributed by atoms with E-state index >= 15 is 0 Å². The predicted octanol–water partition coefficient (Wildman–Crippen LogP) is 5.16. The summed E-state index contributed by atoms with van der Waals surface area (Å²) in [6, 6.07) is 0. The van der Waals surface area contributed by atoms with Crippen molar-refractivity contribution >= 4 is 6.09 Å². The van der Waals surface area contributed by atoms with E-state index in [1.165, 1.54) is 0 Å². The van der Waals surface area contributed by atoms with Crippen molar-refractivity contribution in [1.29, 1.82) is 0 Å². The molecule has 0 rings (SSSR count). The largest absolute Gasteiger partial charge is 0.444 e. The molecule has 0 radical (unpaired) electrons. The summed E-state index contributed by atoms with van der Waals surface area (Å²) in [7, 11) is 0. The van der Waals surface area contributed by atoms with Crippen molar-refractivity contribution < 1.29 is 14.3 Å². The molecule has 0 aliphatic rings. The molecule has 1 N–H and O–H groups in total. The SMILES string of the molecule is CC.CC(C)(C)CC(CNC(=O)OC(C)(C)C)OC(C)(C)C. The molecule has 0 aromatic carbocycles. The molecule has 0 spiro atoms. The Bertz CT molecular complexity index is 290. The highest BCUT2D eigenvalue weighted by atomic mass is 16.6. The molecule has 1 atom stereocenters. The van der Waals surface area contributed by atoms with Gasteiger partial charge in [-0.25, -0.2) is 4.79 Å². The Morgan fingerprint density at radius 1 is 0.909 bits per heavy atom. The monoisotopic (exact) mass is 317 g/mol. The molecule has 0 fully saturated rings. The summed E-state index contributed by atoms with van der Waals surface area (Å²) in [6.45, 7) is 22.6. The van der Waals surface area contributed by atoms with Crippen LogP contribution in [-0.2, 0) is 9.47 Å². The van der Waals surface area contributed by atoms with E-state index < -0.39 is 11.7 Å². The molecule has 0 heterocycles. The lowest BCUT2D eigenvalue weighted by atomic mass is 9.89. The van der Waals surface area contributed by atoms with Crippen molar-refractivity contribution in [2.24, 2.45) is 5.41 Å². The molecule has 0 aliphatic heterocycles. The van der Waals surface area contributed by atoms with Gasteiger partial charge in [0.25, 0.3) is 0 Å². The number of ether oxygens (including phenoxy) is 2. The number of amides is 1. The van der Waals surface area contributed by atoms with Gasteiger partial charge >= 0.3 is 6.09 Å². The van der Waals surface area contributed by atoms with Gasteiger partial charge in [-0.15, -0.1) is 0 Å². The van der Waals surface area contributed by atoms with E-state index in [0.29, 0.717) is 6.54 Å². The van der Waals surface area contributed by atoms with Gasteiger partial charge in [0.05, 0.1) is 11.7 Å². The molecular weight excluding hydrogens is 278 g/mol. The fourth-order valence-corrected chi connectivity index (χ4v) is 1.85. The van der Waals surface area contributed by atoms with E-state index in [-0.39, 0.29) is 17.1 Å². The Balaban J connectivity index is 0. The minimum atomic E-state index is -0.478. The maximum absolute atomic E-state index is 11.7. The molecular formula is C18H39NO3. The molecule has 0 saturated carbocycles. The quantitative estimate of drug-likeness (QED) is 0.779. The lowest BCUT2D eigenvalue weighted by Gasteiger charge is -2.32. The molecule has 0 aromatic heterocycles. The topological polar surface area (TPSA) is 47.6 Å². The molecule has 0 saturated heterocycles. The van der Waals surface area contributed by atoms with Crippen LogP contribution in [0.2, 0.25) is 0 Å². The van der Waals surface area contributed by atoms with Crippen LogP contribution in [0.1, 0.15) is 82.6 Å². The fourth-order valence-electron chi connectivity index (χ4n) is 1.85. The van der Waals surface area contributed by atoms with E-state index in [1.54, 1.807) is 0 Å². The maximum Gasteiger partial charge on any atom is 0.407 e. The lowest BCUT2D eigenvalue weighted by molar-refractivity contribution is -0.0729. The van der Waals surface area contributed by atoms with Crippen LogP contribution < -0.4 is 5.32 Å². The van der Waals surface area contributed by atoms with Gasteiger partial charge in [0, 0.05) is 6.54 Å². The molecule has 1 amide bonds. The molecule has 0 bridgehead atoms. The number of nitrogens with one attached hydrogen (secondary N) is 1. The first kappa shape index (κ1) is 23.5. The standard InChI is InChI=1S/C16H33NO3.C2H6/c1-14(2,3)10-12(19-15(4,5)6)11-17-13(18)20-16(7,8)9;1-2/h12H,10-11H2,1-9H3,(H,17,18);1-2H3. The van der Waals surface area contributed by atoms with Crippen molar-refractivity contribution in [3.8, 4) is 0 Å². The van der Waals surface area contributed by atoms with Gasteiger partial charge in [0.15, 0.2) is 0 Å². The Kier molecular flexibility index (Phi) is 10.0. The van der Waals surface area contributed by atoms with E-state index in [9.17, 15) is 4.79 Å². The van der Waals surface area contributed by atoms with Gasteiger partial charge in [0.2, 0.25) is 0 Å². The number of alkyl carbamates (subject to hydrolysis) is 1. The van der Waals surface area contributed by atoms with Crippen molar-refractivity contribution in [1.82, 2.24) is 5.32 Å². The molecule has 0 aliphatic carbocycles. The summed E-state index contributed by atoms with van der Waals surface area (Å²) < 4.78 is 11.3. The number of rotatable bonds is 4. The summed E-state index contributed by atoms with van der Waals surface area (Å²) in [5.74, 6) is 0. The first-order valence-corrected chi connectivity index (χ1v) is 8.33. The Morgan fingerprint density at radius 3 is 1.68 bits per heavy atom. The predicted molar refractivity (Wildman–Crippen MR) is 94.3 cm³/mol. The van der Waals surface area contributed by atoms with E-state index in [4.69, 9.17) is 9.47 Å². The minimum absolute atomic E-state index is 0.0254. The maximum atomic E-state index is 11.7. The highest BCUT2D eigenvalue weighted by Crippen LogP contribution is 2.25. The third-order valence-corrected chi connectivity index (χ3v) is 2.23. The molecule has 22 heavy (non-hydrogen) atoms. The Morgan fingerprint density at radius 2 is 1.36 bits per heavy atom. The second kappa shape index (κ2) is 9.39. The average molecular weight is 318 g/mol. The first-order valence-electron chi connectivity index (χ1n) is 8.33. The van der Waals surface area contributed by atoms with Gasteiger partial charge in [-0.2, -0.15) is 0 Å². The summed E-state index contributed by atoms with van der Waals surface area (Å²) in [5, 5.41) is 2.80. The lowest BCUT2D eigenvalue weighted by Crippen LogP contribution is -2.41. The highest BCUT2D eigenvalue weighted by molar-refractivity contribution is 5.67. The van der Waals surface area contributed by atoms with Crippen molar-refractivity contribution in [2.45, 2.75) is 99.9 Å². The molecule has 4 heteroatoms. The minimum Gasteiger partial charge on any atom is -0.444 e. The van der Waals surface area contributed by atoms with Crippen molar-refractivity contribution in [2.75, 3.05) is 6.54 Å². The Hall–Kier alpha value is -0.770. The van der Waals surface area contributed by atoms with Crippen LogP contribution in [0, 0.1) is 5.41 Å². The Labute approximate surface area is 138 Å². The first-order chi connectivity index (χ1) is 9.68. The molecule has 4 nitrogen and oxygen atoms in total. The summed E-state index contributed by atoms with van der Waals surface area (Å²) in [6.07, 6.45) is 0.455. The van der Waals surface area contributed by atoms with Gasteiger partial charge in [0.1, 0.15) is 5.60 Å². The summed E-state index contributed by atoms with van der Waals surface area (Å²) in [4.78, 5) is 11.7. The van der Waals surface area contributed by atoms with Crippen LogP contribution in [0.3, 0.4) is 0 Å². The van der Waals surface area contributed by atoms with Crippen LogP contribution in [0.5, 0.6) is 0 Å². The van der Waals surface area contributed by atoms with Crippen molar-refractivity contribution in [3.63, 3.8) is 0 Å². The smallest absolute Gasteiger partial charge is 0.407 e. The third kappa shape index (κ3) is 17.3. The second-order valence-electron chi connectivity index (χ2n) is 8.50. The molecule has 0 aromatic rings. The zero-order chi connectivity index (χ0) is 18.2. The summed E-state index contributed by atoms with van der Waals surface area (Å²) >= 11 is 0. The van der Waals surface area contributed by atoms with Gasteiger partial charge in [-0.1, -0.05) is 34.6 Å².